The Kier molecular flexibility index (Phi) is 6.68. The summed E-state index contributed by atoms with van der Waals surface area (Å²) in [5.41, 5.74) is 2.46. The van der Waals surface area contributed by atoms with E-state index in [0.717, 1.165) is 37.1 Å². The van der Waals surface area contributed by atoms with Gasteiger partial charge in [-0.2, -0.15) is 5.26 Å². The molecule has 154 valence electrons. The predicted molar refractivity (Wildman–Crippen MR) is 109 cm³/mol. The molecule has 1 atom stereocenters. The third-order valence-corrected chi connectivity index (χ3v) is 5.71. The van der Waals surface area contributed by atoms with Crippen molar-refractivity contribution in [3.8, 4) is 11.8 Å². The number of aliphatic hydroxyl groups excluding tert-OH is 1. The Morgan fingerprint density at radius 2 is 2.17 bits per heavy atom. The number of anilines is 1. The summed E-state index contributed by atoms with van der Waals surface area (Å²) >= 11 is 0. The van der Waals surface area contributed by atoms with E-state index in [0.29, 0.717) is 23.5 Å². The van der Waals surface area contributed by atoms with Gasteiger partial charge in [0.2, 0.25) is 5.91 Å². The second-order valence-corrected chi connectivity index (χ2v) is 7.54. The molecule has 0 spiro atoms. The molecular formula is C22H27FN4O2. The molecule has 1 amide bonds. The minimum atomic E-state index is -0.385. The zero-order valence-electron chi connectivity index (χ0n) is 16.9. The Morgan fingerprint density at radius 3 is 2.86 bits per heavy atom. The number of piperidine rings is 1. The fourth-order valence-electron chi connectivity index (χ4n) is 4.10. The lowest BCUT2D eigenvalue weighted by Gasteiger charge is -2.34. The van der Waals surface area contributed by atoms with Crippen molar-refractivity contribution >= 4 is 11.7 Å². The zero-order valence-corrected chi connectivity index (χ0v) is 16.9. The first-order valence-electron chi connectivity index (χ1n) is 9.99. The highest BCUT2D eigenvalue weighted by Gasteiger charge is 2.26. The van der Waals surface area contributed by atoms with E-state index >= 15 is 0 Å². The molecule has 1 unspecified atom stereocenters. The molecular weight excluding hydrogens is 371 g/mol. The van der Waals surface area contributed by atoms with Crippen molar-refractivity contribution in [1.29, 1.82) is 5.26 Å². The van der Waals surface area contributed by atoms with E-state index in [1.807, 2.05) is 13.8 Å². The number of aromatic nitrogens is 1. The maximum Gasteiger partial charge on any atom is 0.239 e. The molecule has 1 saturated heterocycles. The average molecular weight is 398 g/mol. The number of benzene rings is 1. The summed E-state index contributed by atoms with van der Waals surface area (Å²) < 4.78 is 15.5. The summed E-state index contributed by atoms with van der Waals surface area (Å²) in [7, 11) is 0. The topological polar surface area (TPSA) is 81.3 Å². The van der Waals surface area contributed by atoms with Gasteiger partial charge in [-0.1, -0.05) is 12.5 Å². The Hall–Kier alpha value is -2.69. The number of hydrogen-bond acceptors (Lipinski definition) is 4. The van der Waals surface area contributed by atoms with Gasteiger partial charge in [0.25, 0.3) is 0 Å². The average Bonchev–Trinajstić information content (AvgIpc) is 2.93. The van der Waals surface area contributed by atoms with Crippen LogP contribution in [0.2, 0.25) is 0 Å². The van der Waals surface area contributed by atoms with Crippen LogP contribution in [0.5, 0.6) is 0 Å². The number of likely N-dealkylation sites (tertiary alicyclic amines) is 1. The zero-order chi connectivity index (χ0) is 21.0. The molecule has 2 aromatic rings. The minimum absolute atomic E-state index is 0.0994. The first kappa shape index (κ1) is 21.0. The smallest absolute Gasteiger partial charge is 0.239 e. The van der Waals surface area contributed by atoms with Gasteiger partial charge in [0.1, 0.15) is 17.7 Å². The molecule has 0 radical (unpaired) electrons. The molecule has 1 aromatic carbocycles. The number of amides is 1. The van der Waals surface area contributed by atoms with Gasteiger partial charge in [0.15, 0.2) is 0 Å². The minimum Gasteiger partial charge on any atom is -0.396 e. The molecule has 2 N–H and O–H groups in total. The van der Waals surface area contributed by atoms with Crippen LogP contribution in [0.15, 0.2) is 24.3 Å². The van der Waals surface area contributed by atoms with Crippen LogP contribution in [0.25, 0.3) is 5.69 Å². The Balaban J connectivity index is 1.89. The van der Waals surface area contributed by atoms with E-state index in [-0.39, 0.29) is 30.9 Å². The second-order valence-electron chi connectivity index (χ2n) is 7.54. The molecule has 3 rings (SSSR count). The van der Waals surface area contributed by atoms with Crippen LogP contribution in [0.3, 0.4) is 0 Å². The molecule has 1 aliphatic rings. The van der Waals surface area contributed by atoms with Crippen molar-refractivity contribution < 1.29 is 14.3 Å². The van der Waals surface area contributed by atoms with Gasteiger partial charge in [0, 0.05) is 18.3 Å². The third kappa shape index (κ3) is 4.50. The number of aliphatic hydroxyl groups is 1. The molecule has 6 nitrogen and oxygen atoms in total. The van der Waals surface area contributed by atoms with Gasteiger partial charge in [-0.05, 0) is 63.4 Å². The number of nitrogens with zero attached hydrogens (tertiary/aromatic N) is 3. The van der Waals surface area contributed by atoms with Crippen molar-refractivity contribution in [1.82, 2.24) is 9.47 Å². The molecule has 7 heteroatoms. The molecule has 0 bridgehead atoms. The Morgan fingerprint density at radius 1 is 1.38 bits per heavy atom. The normalized spacial score (nSPS) is 17.1. The largest absolute Gasteiger partial charge is 0.396 e. The molecule has 0 saturated carbocycles. The third-order valence-electron chi connectivity index (χ3n) is 5.71. The molecule has 2 heterocycles. The predicted octanol–water partition coefficient (Wildman–Crippen LogP) is 3.28. The number of halogens is 1. The number of nitrogens with one attached hydrogen (secondary N) is 1. The van der Waals surface area contributed by atoms with Crippen LogP contribution in [0.4, 0.5) is 10.2 Å². The van der Waals surface area contributed by atoms with Crippen LogP contribution in [-0.2, 0) is 4.79 Å². The molecule has 0 aliphatic carbocycles. The van der Waals surface area contributed by atoms with Crippen LogP contribution < -0.4 is 5.32 Å². The summed E-state index contributed by atoms with van der Waals surface area (Å²) in [4.78, 5) is 15.0. The van der Waals surface area contributed by atoms with Gasteiger partial charge >= 0.3 is 0 Å². The van der Waals surface area contributed by atoms with E-state index in [9.17, 15) is 19.6 Å². The van der Waals surface area contributed by atoms with E-state index in [1.54, 1.807) is 16.7 Å². The van der Waals surface area contributed by atoms with Crippen LogP contribution in [-0.4, -0.2) is 46.2 Å². The first-order chi connectivity index (χ1) is 14.0. The van der Waals surface area contributed by atoms with Crippen LogP contribution >= 0.6 is 0 Å². The standard InChI is InChI=1S/C22H27FN4O2/c1-15-16(2)27(19-8-5-6-17(23)12-19)22(20(15)13-24)25-21(29)14-26-10-4-3-7-18(26)9-11-28/h5-6,8,12,18,28H,3-4,7,9-11,14H2,1-2H3,(H,25,29). The highest BCUT2D eigenvalue weighted by atomic mass is 19.1. The lowest BCUT2D eigenvalue weighted by Crippen LogP contribution is -2.44. The monoisotopic (exact) mass is 398 g/mol. The maximum atomic E-state index is 13.8. The van der Waals surface area contributed by atoms with Crippen molar-refractivity contribution in [2.75, 3.05) is 25.0 Å². The fourth-order valence-corrected chi connectivity index (χ4v) is 4.10. The summed E-state index contributed by atoms with van der Waals surface area (Å²) in [5, 5.41) is 21.8. The molecule has 29 heavy (non-hydrogen) atoms. The van der Waals surface area contributed by atoms with Gasteiger partial charge in [-0.3, -0.25) is 14.3 Å². The number of carbonyl (C=O) groups is 1. The summed E-state index contributed by atoms with van der Waals surface area (Å²) in [6.45, 7) is 4.77. The van der Waals surface area contributed by atoms with Crippen molar-refractivity contribution in [3.63, 3.8) is 0 Å². The number of nitriles is 1. The maximum absolute atomic E-state index is 13.8. The number of carbonyl (C=O) groups excluding carboxylic acids is 1. The van der Waals surface area contributed by atoms with Crippen molar-refractivity contribution in [2.24, 2.45) is 0 Å². The van der Waals surface area contributed by atoms with E-state index in [2.05, 4.69) is 16.3 Å². The number of hydrogen-bond donors (Lipinski definition) is 2. The Labute approximate surface area is 170 Å². The van der Waals surface area contributed by atoms with Gasteiger partial charge in [-0.25, -0.2) is 4.39 Å². The van der Waals surface area contributed by atoms with E-state index < -0.39 is 0 Å². The van der Waals surface area contributed by atoms with E-state index in [1.165, 1.54) is 12.1 Å². The lowest BCUT2D eigenvalue weighted by molar-refractivity contribution is -0.118. The summed E-state index contributed by atoms with van der Waals surface area (Å²) in [6, 6.07) is 8.44. The van der Waals surface area contributed by atoms with Gasteiger partial charge in [-0.15, -0.1) is 0 Å². The number of rotatable bonds is 6. The second kappa shape index (κ2) is 9.21. The lowest BCUT2D eigenvalue weighted by atomic mass is 10.00. The van der Waals surface area contributed by atoms with Crippen LogP contribution in [0.1, 0.15) is 42.5 Å². The fraction of sp³-hybridized carbons (Fsp3) is 0.455. The highest BCUT2D eigenvalue weighted by Crippen LogP contribution is 2.30. The molecule has 1 aromatic heterocycles. The van der Waals surface area contributed by atoms with Crippen molar-refractivity contribution in [3.05, 3.63) is 46.9 Å². The van der Waals surface area contributed by atoms with E-state index in [4.69, 9.17) is 0 Å². The highest BCUT2D eigenvalue weighted by molar-refractivity contribution is 5.93. The van der Waals surface area contributed by atoms with Crippen molar-refractivity contribution in [2.45, 2.75) is 45.6 Å². The first-order valence-corrected chi connectivity index (χ1v) is 9.99. The van der Waals surface area contributed by atoms with Crippen LogP contribution in [0, 0.1) is 31.0 Å². The van der Waals surface area contributed by atoms with Gasteiger partial charge < -0.3 is 10.4 Å². The Bertz CT molecular complexity index is 930. The molecule has 1 fully saturated rings. The summed E-state index contributed by atoms with van der Waals surface area (Å²) in [5.74, 6) is -0.237. The summed E-state index contributed by atoms with van der Waals surface area (Å²) in [6.07, 6.45) is 3.74. The SMILES string of the molecule is Cc1c(C#N)c(NC(=O)CN2CCCCC2CCO)n(-c2cccc(F)c2)c1C. The quantitative estimate of drug-likeness (QED) is 0.782. The van der Waals surface area contributed by atoms with Gasteiger partial charge in [0.05, 0.1) is 17.8 Å². The molecule has 1 aliphatic heterocycles.